The molecule has 2 heterocycles. The molecule has 2 aromatic heterocycles. The minimum Gasteiger partial charge on any atom is -0.497 e. The first kappa shape index (κ1) is 16.9. The normalized spacial score (nSPS) is 10.9. The molecule has 0 fully saturated rings. The van der Waals surface area contributed by atoms with E-state index in [4.69, 9.17) is 9.15 Å². The summed E-state index contributed by atoms with van der Waals surface area (Å²) in [6.07, 6.45) is 1.60. The predicted octanol–water partition coefficient (Wildman–Crippen LogP) is 3.62. The highest BCUT2D eigenvalue weighted by Gasteiger charge is 2.16. The topological polar surface area (TPSA) is 69.3 Å². The smallest absolute Gasteiger partial charge is 0.240 e. The molecular formula is C21H19N3O3. The zero-order valence-electron chi connectivity index (χ0n) is 14.9. The summed E-state index contributed by atoms with van der Waals surface area (Å²) in [5.74, 6) is 1.97. The van der Waals surface area contributed by atoms with Crippen molar-refractivity contribution in [3.63, 3.8) is 0 Å². The van der Waals surface area contributed by atoms with Crippen molar-refractivity contribution in [3.8, 4) is 17.3 Å². The lowest BCUT2D eigenvalue weighted by molar-refractivity contribution is -0.121. The molecule has 0 saturated carbocycles. The van der Waals surface area contributed by atoms with Gasteiger partial charge in [-0.3, -0.25) is 4.79 Å². The molecule has 0 radical (unpaired) electrons. The van der Waals surface area contributed by atoms with E-state index < -0.39 is 0 Å². The van der Waals surface area contributed by atoms with Crippen molar-refractivity contribution in [2.45, 2.75) is 13.1 Å². The van der Waals surface area contributed by atoms with Crippen molar-refractivity contribution >= 4 is 16.9 Å². The van der Waals surface area contributed by atoms with Crippen molar-refractivity contribution in [1.82, 2.24) is 14.9 Å². The zero-order chi connectivity index (χ0) is 18.6. The van der Waals surface area contributed by atoms with Crippen molar-refractivity contribution in [1.29, 1.82) is 0 Å². The number of ether oxygens (including phenoxy) is 1. The van der Waals surface area contributed by atoms with Gasteiger partial charge in [-0.1, -0.05) is 24.3 Å². The summed E-state index contributed by atoms with van der Waals surface area (Å²) in [7, 11) is 1.63. The summed E-state index contributed by atoms with van der Waals surface area (Å²) in [6.45, 7) is 0.609. The number of nitrogens with one attached hydrogen (secondary N) is 1. The van der Waals surface area contributed by atoms with Crippen LogP contribution in [0.1, 0.15) is 5.56 Å². The Hall–Kier alpha value is -3.54. The summed E-state index contributed by atoms with van der Waals surface area (Å²) in [4.78, 5) is 17.2. The number of rotatable bonds is 6. The van der Waals surface area contributed by atoms with E-state index in [0.717, 1.165) is 22.3 Å². The highest BCUT2D eigenvalue weighted by Crippen LogP contribution is 2.25. The summed E-state index contributed by atoms with van der Waals surface area (Å²) in [6, 6.07) is 19.0. The van der Waals surface area contributed by atoms with Gasteiger partial charge in [-0.2, -0.15) is 0 Å². The van der Waals surface area contributed by atoms with E-state index in [2.05, 4.69) is 10.3 Å². The SMILES string of the molecule is COc1ccc(CNC(=O)Cn2c(-c3ccco3)nc3ccccc32)cc1. The fourth-order valence-electron chi connectivity index (χ4n) is 2.97. The lowest BCUT2D eigenvalue weighted by Crippen LogP contribution is -2.27. The molecule has 0 saturated heterocycles. The number of aromatic nitrogens is 2. The Kier molecular flexibility index (Phi) is 4.61. The second-order valence-corrected chi connectivity index (χ2v) is 6.11. The maximum absolute atomic E-state index is 12.6. The molecule has 4 aromatic rings. The Morgan fingerprint density at radius 3 is 2.67 bits per heavy atom. The number of methoxy groups -OCH3 is 1. The molecule has 0 bridgehead atoms. The largest absolute Gasteiger partial charge is 0.497 e. The summed E-state index contributed by atoms with van der Waals surface area (Å²) >= 11 is 0. The minimum atomic E-state index is -0.0956. The first-order valence-electron chi connectivity index (χ1n) is 8.63. The van der Waals surface area contributed by atoms with E-state index in [1.54, 1.807) is 13.4 Å². The monoisotopic (exact) mass is 361 g/mol. The van der Waals surface area contributed by atoms with Gasteiger partial charge in [-0.25, -0.2) is 4.98 Å². The average molecular weight is 361 g/mol. The fraction of sp³-hybridized carbons (Fsp3) is 0.143. The molecule has 0 aliphatic carbocycles. The van der Waals surface area contributed by atoms with Gasteiger partial charge in [-0.15, -0.1) is 0 Å². The van der Waals surface area contributed by atoms with Crippen molar-refractivity contribution < 1.29 is 13.9 Å². The van der Waals surface area contributed by atoms with Gasteiger partial charge in [0.05, 0.1) is 24.4 Å². The zero-order valence-corrected chi connectivity index (χ0v) is 14.9. The van der Waals surface area contributed by atoms with Crippen LogP contribution in [0.4, 0.5) is 0 Å². The number of carbonyl (C=O) groups excluding carboxylic acids is 1. The second kappa shape index (κ2) is 7.37. The molecule has 0 aliphatic rings. The maximum Gasteiger partial charge on any atom is 0.240 e. The number of hydrogen-bond acceptors (Lipinski definition) is 4. The number of benzene rings is 2. The van der Waals surface area contributed by atoms with Gasteiger partial charge in [0.2, 0.25) is 5.91 Å². The van der Waals surface area contributed by atoms with Crippen LogP contribution in [0.5, 0.6) is 5.75 Å². The Bertz CT molecular complexity index is 1050. The molecule has 2 aromatic carbocycles. The van der Waals surface area contributed by atoms with Crippen LogP contribution in [0.25, 0.3) is 22.6 Å². The van der Waals surface area contributed by atoms with Gasteiger partial charge < -0.3 is 19.0 Å². The first-order chi connectivity index (χ1) is 13.2. The van der Waals surface area contributed by atoms with E-state index in [0.29, 0.717) is 18.1 Å². The van der Waals surface area contributed by atoms with Crippen LogP contribution in [-0.4, -0.2) is 22.6 Å². The Labute approximate surface area is 156 Å². The summed E-state index contributed by atoms with van der Waals surface area (Å²) in [5, 5.41) is 2.95. The minimum absolute atomic E-state index is 0.0956. The Balaban J connectivity index is 1.53. The number of imidazole rings is 1. The third-order valence-electron chi connectivity index (χ3n) is 4.35. The number of nitrogens with zero attached hydrogens (tertiary/aromatic N) is 2. The average Bonchev–Trinajstić information content (AvgIpc) is 3.35. The van der Waals surface area contributed by atoms with Crippen LogP contribution in [0.2, 0.25) is 0 Å². The van der Waals surface area contributed by atoms with Crippen LogP contribution in [-0.2, 0) is 17.9 Å². The maximum atomic E-state index is 12.6. The number of amides is 1. The van der Waals surface area contributed by atoms with Gasteiger partial charge in [0.25, 0.3) is 0 Å². The molecule has 1 amide bonds. The molecule has 0 atom stereocenters. The van der Waals surface area contributed by atoms with Crippen molar-refractivity contribution in [2.24, 2.45) is 0 Å². The van der Waals surface area contributed by atoms with Crippen molar-refractivity contribution in [2.75, 3.05) is 7.11 Å². The van der Waals surface area contributed by atoms with Gasteiger partial charge in [-0.05, 0) is 42.0 Å². The molecule has 1 N–H and O–H groups in total. The molecule has 0 spiro atoms. The Morgan fingerprint density at radius 2 is 1.93 bits per heavy atom. The second-order valence-electron chi connectivity index (χ2n) is 6.11. The van der Waals surface area contributed by atoms with Crippen LogP contribution in [0, 0.1) is 0 Å². The van der Waals surface area contributed by atoms with Gasteiger partial charge in [0, 0.05) is 6.54 Å². The standard InChI is InChI=1S/C21H19N3O3/c1-26-16-10-8-15(9-11-16)13-22-20(25)14-24-18-6-3-2-5-17(18)23-21(24)19-7-4-12-27-19/h2-12H,13-14H2,1H3,(H,22,25). The lowest BCUT2D eigenvalue weighted by atomic mass is 10.2. The van der Waals surface area contributed by atoms with Gasteiger partial charge >= 0.3 is 0 Å². The van der Waals surface area contributed by atoms with Crippen LogP contribution in [0.3, 0.4) is 0 Å². The number of furan rings is 1. The van der Waals surface area contributed by atoms with Gasteiger partial charge in [0.1, 0.15) is 12.3 Å². The van der Waals surface area contributed by atoms with E-state index in [9.17, 15) is 4.79 Å². The third kappa shape index (κ3) is 3.55. The molecule has 6 nitrogen and oxygen atoms in total. The molecule has 4 rings (SSSR count). The molecule has 0 unspecified atom stereocenters. The highest BCUT2D eigenvalue weighted by atomic mass is 16.5. The number of fused-ring (bicyclic) bond motifs is 1. The van der Waals surface area contributed by atoms with Crippen LogP contribution < -0.4 is 10.1 Å². The number of hydrogen-bond donors (Lipinski definition) is 1. The van der Waals surface area contributed by atoms with Crippen LogP contribution in [0.15, 0.2) is 71.3 Å². The molecule has 6 heteroatoms. The number of para-hydroxylation sites is 2. The highest BCUT2D eigenvalue weighted by molar-refractivity contribution is 5.83. The summed E-state index contributed by atoms with van der Waals surface area (Å²) < 4.78 is 12.5. The molecular weight excluding hydrogens is 342 g/mol. The predicted molar refractivity (Wildman–Crippen MR) is 102 cm³/mol. The first-order valence-corrected chi connectivity index (χ1v) is 8.63. The third-order valence-corrected chi connectivity index (χ3v) is 4.35. The fourth-order valence-corrected chi connectivity index (χ4v) is 2.97. The quantitative estimate of drug-likeness (QED) is 0.569. The van der Waals surface area contributed by atoms with Crippen molar-refractivity contribution in [3.05, 3.63) is 72.5 Å². The molecule has 136 valence electrons. The van der Waals surface area contributed by atoms with E-state index in [1.807, 2.05) is 65.2 Å². The van der Waals surface area contributed by atoms with Crippen LogP contribution >= 0.6 is 0 Å². The summed E-state index contributed by atoms with van der Waals surface area (Å²) in [5.41, 5.74) is 2.72. The van der Waals surface area contributed by atoms with E-state index in [-0.39, 0.29) is 12.5 Å². The van der Waals surface area contributed by atoms with E-state index >= 15 is 0 Å². The lowest BCUT2D eigenvalue weighted by Gasteiger charge is -2.09. The Morgan fingerprint density at radius 1 is 1.11 bits per heavy atom. The molecule has 0 aliphatic heterocycles. The van der Waals surface area contributed by atoms with Gasteiger partial charge in [0.15, 0.2) is 11.6 Å². The van der Waals surface area contributed by atoms with E-state index in [1.165, 1.54) is 0 Å². The number of carbonyl (C=O) groups is 1. The molecule has 27 heavy (non-hydrogen) atoms.